The molecule has 0 aliphatic rings. The van der Waals surface area contributed by atoms with Gasteiger partial charge >= 0.3 is 6.18 Å². The quantitative estimate of drug-likeness (QED) is 0.837. The third-order valence-corrected chi connectivity index (χ3v) is 2.42. The fourth-order valence-electron chi connectivity index (χ4n) is 1.71. The summed E-state index contributed by atoms with van der Waals surface area (Å²) in [7, 11) is 1.34. The Hall–Kier alpha value is -2.05. The number of halogens is 3. The van der Waals surface area contributed by atoms with Gasteiger partial charge in [0.2, 0.25) is 0 Å². The molecule has 0 saturated carbocycles. The maximum atomic E-state index is 12.4. The lowest BCUT2D eigenvalue weighted by Gasteiger charge is -2.20. The van der Waals surface area contributed by atoms with Gasteiger partial charge in [-0.1, -0.05) is 0 Å². The molecule has 2 aromatic rings. The second kappa shape index (κ2) is 4.32. The van der Waals surface area contributed by atoms with Gasteiger partial charge in [0, 0.05) is 18.1 Å². The zero-order valence-corrected chi connectivity index (χ0v) is 9.57. The maximum absolute atomic E-state index is 12.4. The Bertz CT molecular complexity index is 568. The second-order valence-electron chi connectivity index (χ2n) is 3.95. The highest BCUT2D eigenvalue weighted by Crippen LogP contribution is 2.26. The number of aromatic nitrogens is 2. The van der Waals surface area contributed by atoms with Crippen LogP contribution in [0, 0.1) is 0 Å². The number of benzene rings is 1. The molecule has 4 nitrogen and oxygen atoms in total. The zero-order chi connectivity index (χ0) is 13.3. The Morgan fingerprint density at radius 1 is 1.28 bits per heavy atom. The number of nitrogen functional groups attached to an aromatic ring is 1. The highest BCUT2D eigenvalue weighted by Gasteiger charge is 2.30. The molecule has 1 aromatic heterocycles. The summed E-state index contributed by atoms with van der Waals surface area (Å²) >= 11 is 0. The minimum atomic E-state index is -4.28. The summed E-state index contributed by atoms with van der Waals surface area (Å²) in [5.74, 6) is 0.234. The number of fused-ring (bicyclic) bond motifs is 1. The van der Waals surface area contributed by atoms with Gasteiger partial charge in [-0.25, -0.2) is 9.97 Å². The number of nitrogens with zero attached hydrogens (tertiary/aromatic N) is 3. The van der Waals surface area contributed by atoms with Gasteiger partial charge in [-0.05, 0) is 18.2 Å². The molecule has 0 bridgehead atoms. The molecule has 1 aromatic carbocycles. The van der Waals surface area contributed by atoms with Crippen molar-refractivity contribution in [1.82, 2.24) is 9.97 Å². The van der Waals surface area contributed by atoms with E-state index in [0.29, 0.717) is 16.6 Å². The predicted molar refractivity (Wildman–Crippen MR) is 63.3 cm³/mol. The summed E-state index contributed by atoms with van der Waals surface area (Å²) in [6, 6.07) is 4.82. The van der Waals surface area contributed by atoms with E-state index in [9.17, 15) is 13.2 Å². The third-order valence-electron chi connectivity index (χ3n) is 2.42. The van der Waals surface area contributed by atoms with Gasteiger partial charge < -0.3 is 10.6 Å². The topological polar surface area (TPSA) is 55.0 Å². The van der Waals surface area contributed by atoms with E-state index in [1.807, 2.05) is 0 Å². The summed E-state index contributed by atoms with van der Waals surface area (Å²) in [5.41, 5.74) is 6.63. The largest absolute Gasteiger partial charge is 0.405 e. The first-order valence-electron chi connectivity index (χ1n) is 5.15. The van der Waals surface area contributed by atoms with Crippen LogP contribution in [0.5, 0.6) is 0 Å². The van der Waals surface area contributed by atoms with Gasteiger partial charge in [0.1, 0.15) is 18.7 Å². The van der Waals surface area contributed by atoms with E-state index >= 15 is 0 Å². The average molecular weight is 256 g/mol. The molecule has 0 unspecified atom stereocenters. The van der Waals surface area contributed by atoms with Crippen LogP contribution in [0.1, 0.15) is 0 Å². The van der Waals surface area contributed by atoms with E-state index < -0.39 is 12.7 Å². The van der Waals surface area contributed by atoms with Crippen LogP contribution < -0.4 is 10.6 Å². The maximum Gasteiger partial charge on any atom is 0.405 e. The fourth-order valence-corrected chi connectivity index (χ4v) is 1.71. The molecule has 1 heterocycles. The van der Waals surface area contributed by atoms with Crippen molar-refractivity contribution in [2.45, 2.75) is 6.18 Å². The Labute approximate surface area is 101 Å². The normalized spacial score (nSPS) is 11.8. The van der Waals surface area contributed by atoms with Crippen LogP contribution in [-0.4, -0.2) is 29.7 Å². The van der Waals surface area contributed by atoms with E-state index in [-0.39, 0.29) is 5.82 Å². The molecule has 2 rings (SSSR count). The first-order chi connectivity index (χ1) is 8.37. The fraction of sp³-hybridized carbons (Fsp3) is 0.273. The first-order valence-corrected chi connectivity index (χ1v) is 5.15. The molecule has 0 fully saturated rings. The van der Waals surface area contributed by atoms with Crippen molar-refractivity contribution in [3.63, 3.8) is 0 Å². The van der Waals surface area contributed by atoms with Crippen LogP contribution in [0.3, 0.4) is 0 Å². The van der Waals surface area contributed by atoms with Crippen LogP contribution >= 0.6 is 0 Å². The molecule has 0 saturated heterocycles. The average Bonchev–Trinajstić information content (AvgIpc) is 2.25. The Balaban J connectivity index is 2.45. The van der Waals surface area contributed by atoms with Gasteiger partial charge in [-0.15, -0.1) is 0 Å². The van der Waals surface area contributed by atoms with E-state index in [4.69, 9.17) is 5.73 Å². The lowest BCUT2D eigenvalue weighted by molar-refractivity contribution is -0.119. The van der Waals surface area contributed by atoms with Gasteiger partial charge in [0.25, 0.3) is 0 Å². The number of anilines is 2. The predicted octanol–water partition coefficient (Wildman–Crippen LogP) is 2.21. The zero-order valence-electron chi connectivity index (χ0n) is 9.57. The number of rotatable bonds is 2. The Kier molecular flexibility index (Phi) is 2.98. The summed E-state index contributed by atoms with van der Waals surface area (Å²) in [6.07, 6.45) is -3.05. The molecule has 18 heavy (non-hydrogen) atoms. The van der Waals surface area contributed by atoms with E-state index in [2.05, 4.69) is 9.97 Å². The van der Waals surface area contributed by atoms with E-state index in [1.165, 1.54) is 13.4 Å². The Morgan fingerprint density at radius 2 is 2.00 bits per heavy atom. The highest BCUT2D eigenvalue weighted by molar-refractivity contribution is 5.91. The molecule has 0 radical (unpaired) electrons. The third kappa shape index (κ3) is 2.61. The van der Waals surface area contributed by atoms with Crippen molar-refractivity contribution in [3.05, 3.63) is 24.5 Å². The molecular weight excluding hydrogens is 245 g/mol. The molecule has 96 valence electrons. The van der Waals surface area contributed by atoms with Crippen molar-refractivity contribution in [1.29, 1.82) is 0 Å². The molecular formula is C11H11F3N4. The van der Waals surface area contributed by atoms with E-state index in [1.54, 1.807) is 18.2 Å². The standard InChI is InChI=1S/C11H11F3N4/c1-18(5-11(12,13)14)10-8-3-2-7(15)4-9(8)16-6-17-10/h2-4,6H,5,15H2,1H3. The molecule has 0 aliphatic heterocycles. The summed E-state index contributed by atoms with van der Waals surface area (Å²) in [5, 5.41) is 0.540. The molecule has 7 heteroatoms. The number of hydrogen-bond acceptors (Lipinski definition) is 4. The second-order valence-corrected chi connectivity index (χ2v) is 3.95. The van der Waals surface area contributed by atoms with Gasteiger partial charge in [0.15, 0.2) is 0 Å². The summed E-state index contributed by atoms with van der Waals surface area (Å²) < 4.78 is 37.1. The van der Waals surface area contributed by atoms with Gasteiger partial charge in [0.05, 0.1) is 5.52 Å². The smallest absolute Gasteiger partial charge is 0.399 e. The number of alkyl halides is 3. The minimum Gasteiger partial charge on any atom is -0.399 e. The van der Waals surface area contributed by atoms with Crippen molar-refractivity contribution in [2.24, 2.45) is 0 Å². The summed E-state index contributed by atoms with van der Waals surface area (Å²) in [6.45, 7) is -1.07. The lowest BCUT2D eigenvalue weighted by Crippen LogP contribution is -2.31. The number of hydrogen-bond donors (Lipinski definition) is 1. The molecule has 0 spiro atoms. The summed E-state index contributed by atoms with van der Waals surface area (Å²) in [4.78, 5) is 8.92. The van der Waals surface area contributed by atoms with Crippen LogP contribution in [0.2, 0.25) is 0 Å². The first kappa shape index (κ1) is 12.4. The van der Waals surface area contributed by atoms with Crippen molar-refractivity contribution in [2.75, 3.05) is 24.2 Å². The lowest BCUT2D eigenvalue weighted by atomic mass is 10.2. The van der Waals surface area contributed by atoms with Crippen LogP contribution in [-0.2, 0) is 0 Å². The van der Waals surface area contributed by atoms with Crippen LogP contribution in [0.25, 0.3) is 10.9 Å². The number of nitrogens with two attached hydrogens (primary N) is 1. The SMILES string of the molecule is CN(CC(F)(F)F)c1ncnc2cc(N)ccc12. The van der Waals surface area contributed by atoms with Gasteiger partial charge in [-0.3, -0.25) is 0 Å². The van der Waals surface area contributed by atoms with Crippen LogP contribution in [0.15, 0.2) is 24.5 Å². The van der Waals surface area contributed by atoms with Crippen molar-refractivity contribution in [3.8, 4) is 0 Å². The Morgan fingerprint density at radius 3 is 2.67 bits per heavy atom. The molecule has 0 aliphatic carbocycles. The van der Waals surface area contributed by atoms with Crippen LogP contribution in [0.4, 0.5) is 24.7 Å². The van der Waals surface area contributed by atoms with Gasteiger partial charge in [-0.2, -0.15) is 13.2 Å². The monoisotopic (exact) mass is 256 g/mol. The van der Waals surface area contributed by atoms with Crippen molar-refractivity contribution >= 4 is 22.4 Å². The van der Waals surface area contributed by atoms with Crippen molar-refractivity contribution < 1.29 is 13.2 Å². The molecule has 0 amide bonds. The minimum absolute atomic E-state index is 0.234. The van der Waals surface area contributed by atoms with E-state index in [0.717, 1.165) is 4.90 Å². The molecule has 0 atom stereocenters. The highest BCUT2D eigenvalue weighted by atomic mass is 19.4. The molecule has 2 N–H and O–H groups in total.